The van der Waals surface area contributed by atoms with E-state index in [0.717, 1.165) is 14.2 Å². The molecule has 0 aliphatic rings. The summed E-state index contributed by atoms with van der Waals surface area (Å²) in [5.74, 6) is -0.705. The van der Waals surface area contributed by atoms with E-state index in [1.165, 1.54) is 6.92 Å². The van der Waals surface area contributed by atoms with Gasteiger partial charge in [0.1, 0.15) is 6.04 Å². The summed E-state index contributed by atoms with van der Waals surface area (Å²) in [5.41, 5.74) is -1.14. The largest absolute Gasteiger partial charge is 0.467 e. The van der Waals surface area contributed by atoms with Crippen molar-refractivity contribution in [1.29, 1.82) is 0 Å². The fraction of sp³-hybridized carbons (Fsp3) is 0.625. The Morgan fingerprint density at radius 2 is 2.00 bits per heavy atom. The van der Waals surface area contributed by atoms with Crippen molar-refractivity contribution in [3.05, 3.63) is 0 Å². The number of carbonyl (C=O) groups is 1. The van der Waals surface area contributed by atoms with Gasteiger partial charge in [0.05, 0.1) is 13.3 Å². The van der Waals surface area contributed by atoms with E-state index in [0.29, 0.717) is 6.21 Å². The van der Waals surface area contributed by atoms with Gasteiger partial charge in [-0.15, -0.1) is 0 Å². The average Bonchev–Trinajstić information content (AvgIpc) is 2.15. The molecule has 0 radical (unpaired) electrons. The van der Waals surface area contributed by atoms with Gasteiger partial charge in [0.15, 0.2) is 5.71 Å². The van der Waals surface area contributed by atoms with E-state index >= 15 is 0 Å². The lowest BCUT2D eigenvalue weighted by molar-refractivity contribution is -0.141. The van der Waals surface area contributed by atoms with Crippen LogP contribution in [0.5, 0.6) is 0 Å². The standard InChI is InChI=1S/C8H11F3N2O2/c1-5(7(14)15-3)13-4-6(12-2)8(9,10)11/h4-5H,1-3H3/b12-6+,13-4-. The molecule has 86 valence electrons. The molecular weight excluding hydrogens is 213 g/mol. The molecule has 0 saturated heterocycles. The molecule has 0 heterocycles. The molecule has 7 heteroatoms. The molecule has 0 amide bonds. The van der Waals surface area contributed by atoms with E-state index in [-0.39, 0.29) is 0 Å². The van der Waals surface area contributed by atoms with Crippen LogP contribution in [0.4, 0.5) is 13.2 Å². The molecule has 0 aliphatic carbocycles. The molecule has 0 bridgehead atoms. The van der Waals surface area contributed by atoms with E-state index in [4.69, 9.17) is 0 Å². The monoisotopic (exact) mass is 224 g/mol. The molecule has 0 rings (SSSR count). The van der Waals surface area contributed by atoms with E-state index in [1.54, 1.807) is 0 Å². The number of ether oxygens (including phenoxy) is 1. The average molecular weight is 224 g/mol. The summed E-state index contributed by atoms with van der Waals surface area (Å²) < 4.78 is 40.6. The summed E-state index contributed by atoms with van der Waals surface area (Å²) >= 11 is 0. The summed E-state index contributed by atoms with van der Waals surface area (Å²) in [6, 6.07) is -0.978. The van der Waals surface area contributed by atoms with E-state index in [2.05, 4.69) is 14.7 Å². The normalized spacial score (nSPS) is 15.5. The molecular formula is C8H11F3N2O2. The zero-order valence-corrected chi connectivity index (χ0v) is 8.50. The third-order valence-corrected chi connectivity index (χ3v) is 1.49. The Labute approximate surface area is 84.9 Å². The zero-order chi connectivity index (χ0) is 12.1. The first kappa shape index (κ1) is 13.6. The summed E-state index contributed by atoms with van der Waals surface area (Å²) in [5, 5.41) is 0. The Kier molecular flexibility index (Phi) is 4.96. The third-order valence-electron chi connectivity index (χ3n) is 1.49. The van der Waals surface area contributed by atoms with Gasteiger partial charge in [-0.2, -0.15) is 13.2 Å². The Morgan fingerprint density at radius 3 is 2.33 bits per heavy atom. The van der Waals surface area contributed by atoms with Crippen LogP contribution in [0.2, 0.25) is 0 Å². The van der Waals surface area contributed by atoms with Crippen molar-refractivity contribution in [2.75, 3.05) is 14.2 Å². The lowest BCUT2D eigenvalue weighted by Crippen LogP contribution is -2.26. The van der Waals surface area contributed by atoms with Crippen molar-refractivity contribution in [1.82, 2.24) is 0 Å². The third kappa shape index (κ3) is 4.57. The molecule has 0 aliphatic heterocycles. The molecule has 0 fully saturated rings. The first-order chi connectivity index (χ1) is 6.82. The second-order valence-electron chi connectivity index (χ2n) is 2.58. The number of esters is 1. The van der Waals surface area contributed by atoms with Crippen LogP contribution < -0.4 is 0 Å². The van der Waals surface area contributed by atoms with Crippen LogP contribution in [-0.2, 0) is 9.53 Å². The van der Waals surface area contributed by atoms with Gasteiger partial charge in [0, 0.05) is 7.05 Å². The van der Waals surface area contributed by atoms with Crippen LogP contribution >= 0.6 is 0 Å². The Hall–Kier alpha value is -1.40. The summed E-state index contributed by atoms with van der Waals surface area (Å²) in [4.78, 5) is 17.2. The van der Waals surface area contributed by atoms with Crippen molar-refractivity contribution in [2.45, 2.75) is 19.1 Å². The molecule has 0 spiro atoms. The fourth-order valence-corrected chi connectivity index (χ4v) is 0.672. The first-order valence-electron chi connectivity index (χ1n) is 3.98. The smallest absolute Gasteiger partial charge is 0.434 e. The lowest BCUT2D eigenvalue weighted by Gasteiger charge is -2.06. The van der Waals surface area contributed by atoms with Gasteiger partial charge in [-0.05, 0) is 6.92 Å². The van der Waals surface area contributed by atoms with Crippen molar-refractivity contribution in [3.8, 4) is 0 Å². The fourth-order valence-electron chi connectivity index (χ4n) is 0.672. The SMILES string of the molecule is C/N=C(\C=N/C(C)C(=O)OC)C(F)(F)F. The van der Waals surface area contributed by atoms with Crippen LogP contribution in [-0.4, -0.2) is 44.3 Å². The predicted molar refractivity (Wildman–Crippen MR) is 49.4 cm³/mol. The van der Waals surface area contributed by atoms with Crippen molar-refractivity contribution >= 4 is 17.9 Å². The van der Waals surface area contributed by atoms with Crippen molar-refractivity contribution in [2.24, 2.45) is 9.98 Å². The molecule has 0 aromatic carbocycles. The Morgan fingerprint density at radius 1 is 1.47 bits per heavy atom. The van der Waals surface area contributed by atoms with E-state index in [1.807, 2.05) is 0 Å². The zero-order valence-electron chi connectivity index (χ0n) is 8.50. The number of rotatable bonds is 3. The number of halogens is 3. The number of methoxy groups -OCH3 is 1. The molecule has 15 heavy (non-hydrogen) atoms. The number of alkyl halides is 3. The maximum atomic E-state index is 12.1. The van der Waals surface area contributed by atoms with Crippen LogP contribution in [0.15, 0.2) is 9.98 Å². The van der Waals surface area contributed by atoms with Gasteiger partial charge < -0.3 is 4.74 Å². The van der Waals surface area contributed by atoms with Gasteiger partial charge in [-0.3, -0.25) is 9.98 Å². The van der Waals surface area contributed by atoms with Gasteiger partial charge in [-0.1, -0.05) is 0 Å². The van der Waals surface area contributed by atoms with Crippen LogP contribution in [0, 0.1) is 0 Å². The number of nitrogens with zero attached hydrogens (tertiary/aromatic N) is 2. The molecule has 1 atom stereocenters. The number of aliphatic imine (C=N–C) groups is 2. The Balaban J connectivity index is 4.58. The number of carbonyl (C=O) groups excluding carboxylic acids is 1. The summed E-state index contributed by atoms with van der Waals surface area (Å²) in [6.07, 6.45) is -4.05. The quantitative estimate of drug-likeness (QED) is 0.535. The van der Waals surface area contributed by atoms with Crippen molar-refractivity contribution in [3.63, 3.8) is 0 Å². The molecule has 1 unspecified atom stereocenters. The highest BCUT2D eigenvalue weighted by molar-refractivity contribution is 6.33. The summed E-state index contributed by atoms with van der Waals surface area (Å²) in [7, 11) is 2.13. The van der Waals surface area contributed by atoms with Gasteiger partial charge in [-0.25, -0.2) is 4.79 Å². The van der Waals surface area contributed by atoms with Crippen molar-refractivity contribution < 1.29 is 22.7 Å². The highest BCUT2D eigenvalue weighted by atomic mass is 19.4. The molecule has 0 N–H and O–H groups in total. The van der Waals surface area contributed by atoms with E-state index < -0.39 is 23.9 Å². The second-order valence-corrected chi connectivity index (χ2v) is 2.58. The number of hydrogen-bond acceptors (Lipinski definition) is 4. The highest BCUT2D eigenvalue weighted by Crippen LogP contribution is 2.16. The summed E-state index contributed by atoms with van der Waals surface area (Å²) in [6.45, 7) is 1.33. The lowest BCUT2D eigenvalue weighted by atomic mass is 10.3. The van der Waals surface area contributed by atoms with Crippen LogP contribution in [0.1, 0.15) is 6.92 Å². The van der Waals surface area contributed by atoms with Crippen LogP contribution in [0.25, 0.3) is 0 Å². The molecule has 0 saturated carbocycles. The van der Waals surface area contributed by atoms with Gasteiger partial charge in [0.25, 0.3) is 0 Å². The second kappa shape index (κ2) is 5.47. The Bertz CT molecular complexity index is 284. The van der Waals surface area contributed by atoms with Gasteiger partial charge in [0.2, 0.25) is 0 Å². The maximum Gasteiger partial charge on any atom is 0.434 e. The molecule has 4 nitrogen and oxygen atoms in total. The van der Waals surface area contributed by atoms with Gasteiger partial charge >= 0.3 is 12.1 Å². The first-order valence-corrected chi connectivity index (χ1v) is 3.98. The highest BCUT2D eigenvalue weighted by Gasteiger charge is 2.34. The molecule has 0 aromatic rings. The maximum absolute atomic E-state index is 12.1. The molecule has 0 aromatic heterocycles. The van der Waals surface area contributed by atoms with Crippen LogP contribution in [0.3, 0.4) is 0 Å². The minimum atomic E-state index is -4.56. The minimum Gasteiger partial charge on any atom is -0.467 e. The minimum absolute atomic E-state index is 0.515. The number of hydrogen-bond donors (Lipinski definition) is 0. The topological polar surface area (TPSA) is 51.0 Å². The van der Waals surface area contributed by atoms with E-state index in [9.17, 15) is 18.0 Å². The predicted octanol–water partition coefficient (Wildman–Crippen LogP) is 1.25.